The molecule has 0 atom stereocenters. The van der Waals surface area contributed by atoms with Crippen molar-refractivity contribution in [3.63, 3.8) is 0 Å². The van der Waals surface area contributed by atoms with Crippen molar-refractivity contribution in [1.29, 1.82) is 0 Å². The molecule has 2 fully saturated rings. The summed E-state index contributed by atoms with van der Waals surface area (Å²) in [6.07, 6.45) is 6.89. The number of nitrogens with zero attached hydrogens (tertiary/aromatic N) is 6. The molecule has 0 amide bonds. The summed E-state index contributed by atoms with van der Waals surface area (Å²) in [6, 6.07) is 5.85. The van der Waals surface area contributed by atoms with Gasteiger partial charge in [0.25, 0.3) is 6.43 Å². The highest BCUT2D eigenvalue weighted by Gasteiger charge is 2.44. The molecule has 2 aliphatic rings. The number of imidazole rings is 1. The van der Waals surface area contributed by atoms with Crippen LogP contribution in [0.15, 0.2) is 24.4 Å². The minimum atomic E-state index is -2.49. The molecular weight excluding hydrogens is 426 g/mol. The molecule has 4 aromatic rings. The zero-order chi connectivity index (χ0) is 22.7. The van der Waals surface area contributed by atoms with Crippen molar-refractivity contribution >= 4 is 28.4 Å². The molecule has 0 radical (unpaired) electrons. The number of rotatable bonds is 5. The Bertz CT molecular complexity index is 1340. The van der Waals surface area contributed by atoms with E-state index in [-0.39, 0.29) is 0 Å². The van der Waals surface area contributed by atoms with Gasteiger partial charge >= 0.3 is 0 Å². The Hall–Kier alpha value is -3.30. The molecule has 2 saturated carbocycles. The van der Waals surface area contributed by atoms with E-state index in [9.17, 15) is 8.78 Å². The van der Waals surface area contributed by atoms with Crippen molar-refractivity contribution in [3.8, 4) is 11.3 Å². The molecule has 0 aromatic carbocycles. The lowest BCUT2D eigenvalue weighted by atomic mass is 9.83. The predicted octanol–water partition coefficient (Wildman–Crippen LogP) is 4.43. The van der Waals surface area contributed by atoms with Gasteiger partial charge in [0.2, 0.25) is 5.95 Å². The summed E-state index contributed by atoms with van der Waals surface area (Å²) in [5.74, 6) is 1.37. The van der Waals surface area contributed by atoms with Crippen LogP contribution in [-0.4, -0.2) is 41.6 Å². The van der Waals surface area contributed by atoms with Crippen molar-refractivity contribution < 1.29 is 8.78 Å². The molecule has 4 aromatic heterocycles. The molecule has 0 bridgehead atoms. The number of hydrogen-bond acceptors (Lipinski definition) is 6. The first kappa shape index (κ1) is 20.3. The monoisotopic (exact) mass is 452 g/mol. The number of aryl methyl sites for hydroxylation is 1. The highest BCUT2D eigenvalue weighted by molar-refractivity contribution is 5.88. The van der Waals surface area contributed by atoms with Gasteiger partial charge in [-0.2, -0.15) is 4.98 Å². The van der Waals surface area contributed by atoms with Crippen LogP contribution in [0.25, 0.3) is 27.9 Å². The van der Waals surface area contributed by atoms with Gasteiger partial charge in [-0.15, -0.1) is 5.10 Å². The lowest BCUT2D eigenvalue weighted by Crippen LogP contribution is -2.28. The molecule has 3 N–H and O–H groups in total. The summed E-state index contributed by atoms with van der Waals surface area (Å²) in [5, 5.41) is 8.08. The van der Waals surface area contributed by atoms with Crippen LogP contribution in [0.2, 0.25) is 0 Å². The molecule has 172 valence electrons. The third-order valence-electron chi connectivity index (χ3n) is 7.25. The number of pyridine rings is 1. The van der Waals surface area contributed by atoms with Gasteiger partial charge in [-0.1, -0.05) is 0 Å². The molecule has 10 heteroatoms. The molecular formula is C23H26F2N8. The lowest BCUT2D eigenvalue weighted by molar-refractivity contribution is 0.127. The second-order valence-electron chi connectivity index (χ2n) is 9.46. The molecule has 6 rings (SSSR count). The summed E-state index contributed by atoms with van der Waals surface area (Å²) in [5.41, 5.74) is 9.99. The highest BCUT2D eigenvalue weighted by Crippen LogP contribution is 2.56. The third kappa shape index (κ3) is 3.57. The lowest BCUT2D eigenvalue weighted by Gasteiger charge is -2.29. The van der Waals surface area contributed by atoms with Gasteiger partial charge in [0, 0.05) is 17.8 Å². The first-order valence-electron chi connectivity index (χ1n) is 11.4. The maximum Gasteiger partial charge on any atom is 0.256 e. The number of fused-ring (bicyclic) bond motifs is 2. The first-order chi connectivity index (χ1) is 15.9. The number of aromatic nitrogens is 6. The van der Waals surface area contributed by atoms with Crippen LogP contribution in [-0.2, 0) is 6.54 Å². The Kier molecular flexibility index (Phi) is 4.53. The Morgan fingerprint density at radius 1 is 1.12 bits per heavy atom. The van der Waals surface area contributed by atoms with Crippen LogP contribution in [0.3, 0.4) is 0 Å². The largest absolute Gasteiger partial charge is 0.382 e. The quantitative estimate of drug-likeness (QED) is 0.465. The molecule has 4 heterocycles. The summed E-state index contributed by atoms with van der Waals surface area (Å²) in [6.45, 7) is 1.26. The number of halogens is 2. The van der Waals surface area contributed by atoms with Gasteiger partial charge in [-0.25, -0.2) is 23.3 Å². The van der Waals surface area contributed by atoms with Crippen molar-refractivity contribution in [2.24, 2.45) is 5.41 Å². The molecule has 33 heavy (non-hydrogen) atoms. The number of nitrogens with one attached hydrogen (secondary N) is 1. The standard InChI is InChI=1S/C23H26F2N8/c1-13-27-17-3-2-16(29-21(17)32(13)12-18(24)25)15-6-11-33-19(15)20(26)30-22(31-33)28-14-4-7-23(8-5-14)9-10-23/h2-3,6,11,14,18H,4-5,7-10,12H2,1H3,(H3,26,28,30,31). The number of nitrogen functional groups attached to an aromatic ring is 1. The van der Waals surface area contributed by atoms with E-state index in [0.29, 0.717) is 51.4 Å². The van der Waals surface area contributed by atoms with Crippen LogP contribution >= 0.6 is 0 Å². The van der Waals surface area contributed by atoms with E-state index in [1.165, 1.54) is 30.3 Å². The number of alkyl halides is 2. The SMILES string of the molecule is Cc1nc2ccc(-c3ccn4nc(NC5CCC6(CC5)CC6)nc(N)c34)nc2n1CC(F)F. The minimum Gasteiger partial charge on any atom is -0.382 e. The van der Waals surface area contributed by atoms with Crippen LogP contribution in [0.1, 0.15) is 44.3 Å². The van der Waals surface area contributed by atoms with Gasteiger partial charge in [-0.05, 0) is 69.1 Å². The van der Waals surface area contributed by atoms with E-state index >= 15 is 0 Å². The average Bonchev–Trinajstić information content (AvgIpc) is 3.27. The van der Waals surface area contributed by atoms with E-state index in [2.05, 4.69) is 25.4 Å². The Balaban J connectivity index is 1.32. The number of anilines is 2. The molecule has 1 spiro atoms. The molecule has 2 aliphatic carbocycles. The van der Waals surface area contributed by atoms with Crippen LogP contribution < -0.4 is 11.1 Å². The molecule has 0 unspecified atom stereocenters. The van der Waals surface area contributed by atoms with Gasteiger partial charge in [0.05, 0.1) is 12.2 Å². The summed E-state index contributed by atoms with van der Waals surface area (Å²) in [4.78, 5) is 13.5. The molecule has 0 saturated heterocycles. The second kappa shape index (κ2) is 7.36. The fourth-order valence-corrected chi connectivity index (χ4v) is 5.18. The van der Waals surface area contributed by atoms with E-state index in [1.807, 2.05) is 18.3 Å². The summed E-state index contributed by atoms with van der Waals surface area (Å²) >= 11 is 0. The van der Waals surface area contributed by atoms with Crippen LogP contribution in [0.5, 0.6) is 0 Å². The van der Waals surface area contributed by atoms with Crippen molar-refractivity contribution in [2.75, 3.05) is 11.1 Å². The van der Waals surface area contributed by atoms with Gasteiger partial charge in [0.15, 0.2) is 11.5 Å². The van der Waals surface area contributed by atoms with Crippen LogP contribution in [0, 0.1) is 12.3 Å². The Morgan fingerprint density at radius 3 is 2.64 bits per heavy atom. The normalized spacial score (nSPS) is 18.1. The predicted molar refractivity (Wildman–Crippen MR) is 122 cm³/mol. The van der Waals surface area contributed by atoms with Crippen LogP contribution in [0.4, 0.5) is 20.5 Å². The first-order valence-corrected chi connectivity index (χ1v) is 11.4. The third-order valence-corrected chi connectivity index (χ3v) is 7.25. The van der Waals surface area contributed by atoms with E-state index in [1.54, 1.807) is 17.5 Å². The topological polar surface area (TPSA) is 98.9 Å². The van der Waals surface area contributed by atoms with E-state index in [4.69, 9.17) is 5.73 Å². The van der Waals surface area contributed by atoms with Crippen molar-refractivity contribution in [3.05, 3.63) is 30.2 Å². The fourth-order valence-electron chi connectivity index (χ4n) is 5.18. The maximum absolute atomic E-state index is 13.1. The van der Waals surface area contributed by atoms with Crippen molar-refractivity contribution in [2.45, 2.75) is 64.5 Å². The van der Waals surface area contributed by atoms with E-state index < -0.39 is 13.0 Å². The fraction of sp³-hybridized carbons (Fsp3) is 0.478. The van der Waals surface area contributed by atoms with Gasteiger partial charge in [-0.3, -0.25) is 0 Å². The average molecular weight is 453 g/mol. The second-order valence-corrected chi connectivity index (χ2v) is 9.46. The molecule has 8 nitrogen and oxygen atoms in total. The maximum atomic E-state index is 13.1. The van der Waals surface area contributed by atoms with E-state index in [0.717, 1.165) is 18.4 Å². The van der Waals surface area contributed by atoms with Crippen molar-refractivity contribution in [1.82, 2.24) is 29.1 Å². The zero-order valence-electron chi connectivity index (χ0n) is 18.4. The highest BCUT2D eigenvalue weighted by atomic mass is 19.3. The molecule has 0 aliphatic heterocycles. The minimum absolute atomic E-state index is 0.348. The Labute approximate surface area is 189 Å². The zero-order valence-corrected chi connectivity index (χ0v) is 18.4. The number of nitrogens with two attached hydrogens (primary N) is 1. The number of hydrogen-bond donors (Lipinski definition) is 2. The summed E-state index contributed by atoms with van der Waals surface area (Å²) < 4.78 is 29.3. The smallest absolute Gasteiger partial charge is 0.256 e. The Morgan fingerprint density at radius 2 is 1.91 bits per heavy atom. The van der Waals surface area contributed by atoms with Gasteiger partial charge < -0.3 is 15.6 Å². The summed E-state index contributed by atoms with van der Waals surface area (Å²) in [7, 11) is 0. The van der Waals surface area contributed by atoms with Gasteiger partial charge in [0.1, 0.15) is 16.9 Å².